The Morgan fingerprint density at radius 3 is 2.48 bits per heavy atom. The topological polar surface area (TPSA) is 57.9 Å². The first kappa shape index (κ1) is 13.6. The second-order valence-corrected chi connectivity index (χ2v) is 5.24. The largest absolute Gasteiger partial charge is 0.544 e. The van der Waals surface area contributed by atoms with Gasteiger partial charge in [-0.25, -0.2) is 4.68 Å². The molecule has 8 heteroatoms. The number of hydrogen-bond donors (Lipinski definition) is 0. The standard InChI is InChI=1S/C13H7F3N2O2S/c14-13(15,16)10-8-6-9(12(19)20)21-11(8)18(17-10)7-4-2-1-3-5-7/h1-6H,(H,19,20)/p-1. The molecular weight excluding hydrogens is 305 g/mol. The molecule has 4 nitrogen and oxygen atoms in total. The Morgan fingerprint density at radius 1 is 1.24 bits per heavy atom. The van der Waals surface area contributed by atoms with Gasteiger partial charge in [0.1, 0.15) is 4.83 Å². The van der Waals surface area contributed by atoms with E-state index >= 15 is 0 Å². The minimum Gasteiger partial charge on any atom is -0.544 e. The number of alkyl halides is 3. The Hall–Kier alpha value is -2.35. The van der Waals surface area contributed by atoms with Gasteiger partial charge in [0.05, 0.1) is 16.5 Å². The number of aromatic nitrogens is 2. The number of halogens is 3. The Kier molecular flexibility index (Phi) is 2.98. The van der Waals surface area contributed by atoms with E-state index < -0.39 is 17.8 Å². The van der Waals surface area contributed by atoms with Crippen molar-refractivity contribution in [3.05, 3.63) is 47.0 Å². The molecule has 3 aromatic rings. The molecule has 0 fully saturated rings. The summed E-state index contributed by atoms with van der Waals surface area (Å²) in [5.74, 6) is -1.51. The zero-order valence-corrected chi connectivity index (χ0v) is 11.0. The van der Waals surface area contributed by atoms with Crippen LogP contribution in [0.2, 0.25) is 0 Å². The van der Waals surface area contributed by atoms with Crippen molar-refractivity contribution >= 4 is 27.5 Å². The van der Waals surface area contributed by atoms with E-state index in [9.17, 15) is 23.1 Å². The van der Waals surface area contributed by atoms with Gasteiger partial charge in [0.15, 0.2) is 5.69 Å². The summed E-state index contributed by atoms with van der Waals surface area (Å²) in [5.41, 5.74) is -0.685. The highest BCUT2D eigenvalue weighted by Gasteiger charge is 2.37. The third kappa shape index (κ3) is 2.27. The second kappa shape index (κ2) is 4.59. The fraction of sp³-hybridized carbons (Fsp3) is 0.0769. The van der Waals surface area contributed by atoms with Gasteiger partial charge in [-0.2, -0.15) is 18.3 Å². The number of benzene rings is 1. The number of carboxylic acid groups (broad SMARTS) is 1. The van der Waals surface area contributed by atoms with Gasteiger partial charge in [-0.15, -0.1) is 11.3 Å². The lowest BCUT2D eigenvalue weighted by molar-refractivity contribution is -0.254. The first-order valence-corrected chi connectivity index (χ1v) is 6.56. The van der Waals surface area contributed by atoms with Crippen molar-refractivity contribution in [1.29, 1.82) is 0 Å². The average molecular weight is 311 g/mol. The SMILES string of the molecule is O=C([O-])c1cc2c(C(F)(F)F)nn(-c3ccccc3)c2s1. The number of carbonyl (C=O) groups excluding carboxylic acids is 1. The van der Waals surface area contributed by atoms with Crippen molar-refractivity contribution in [3.8, 4) is 5.69 Å². The normalized spacial score (nSPS) is 12.0. The van der Waals surface area contributed by atoms with Crippen molar-refractivity contribution < 1.29 is 23.1 Å². The van der Waals surface area contributed by atoms with Crippen molar-refractivity contribution in [1.82, 2.24) is 9.78 Å². The van der Waals surface area contributed by atoms with Crippen LogP contribution in [0.25, 0.3) is 15.9 Å². The summed E-state index contributed by atoms with van der Waals surface area (Å²) in [6.45, 7) is 0. The highest BCUT2D eigenvalue weighted by atomic mass is 32.1. The molecule has 0 saturated carbocycles. The second-order valence-electron chi connectivity index (χ2n) is 4.21. The Labute approximate surface area is 120 Å². The maximum atomic E-state index is 13.0. The smallest absolute Gasteiger partial charge is 0.435 e. The molecule has 0 saturated heterocycles. The molecule has 21 heavy (non-hydrogen) atoms. The lowest BCUT2D eigenvalue weighted by Crippen LogP contribution is -2.20. The number of para-hydroxylation sites is 1. The number of hydrogen-bond acceptors (Lipinski definition) is 4. The van der Waals surface area contributed by atoms with Crippen LogP contribution >= 0.6 is 11.3 Å². The van der Waals surface area contributed by atoms with E-state index in [2.05, 4.69) is 5.10 Å². The van der Waals surface area contributed by atoms with E-state index in [-0.39, 0.29) is 15.1 Å². The fourth-order valence-corrected chi connectivity index (χ4v) is 2.93. The maximum Gasteiger partial charge on any atom is 0.435 e. The van der Waals surface area contributed by atoms with Crippen molar-refractivity contribution in [3.63, 3.8) is 0 Å². The zero-order valence-electron chi connectivity index (χ0n) is 10.2. The summed E-state index contributed by atoms with van der Waals surface area (Å²) < 4.78 is 40.2. The fourth-order valence-electron chi connectivity index (χ4n) is 1.96. The van der Waals surface area contributed by atoms with Crippen LogP contribution < -0.4 is 5.11 Å². The van der Waals surface area contributed by atoms with Crippen LogP contribution in [-0.4, -0.2) is 15.7 Å². The van der Waals surface area contributed by atoms with Crippen molar-refractivity contribution in [2.45, 2.75) is 6.18 Å². The van der Waals surface area contributed by atoms with Gasteiger partial charge in [-0.3, -0.25) is 0 Å². The summed E-state index contributed by atoms with van der Waals surface area (Å²) in [6, 6.07) is 9.16. The minimum absolute atomic E-state index is 0.118. The van der Waals surface area contributed by atoms with E-state index in [1.165, 1.54) is 0 Å². The molecule has 0 amide bonds. The average Bonchev–Trinajstić information content (AvgIpc) is 2.96. The predicted octanol–water partition coefficient (Wildman–Crippen LogP) is 2.47. The van der Waals surface area contributed by atoms with E-state index in [1.54, 1.807) is 30.3 Å². The Morgan fingerprint density at radius 2 is 1.90 bits per heavy atom. The number of aromatic carboxylic acids is 1. The van der Waals surface area contributed by atoms with Gasteiger partial charge in [0, 0.05) is 5.39 Å². The number of carboxylic acids is 1. The monoisotopic (exact) mass is 311 g/mol. The highest BCUT2D eigenvalue weighted by molar-refractivity contribution is 7.20. The van der Waals surface area contributed by atoms with E-state index in [0.29, 0.717) is 17.0 Å². The van der Waals surface area contributed by atoms with Crippen LogP contribution in [0.3, 0.4) is 0 Å². The molecule has 0 bridgehead atoms. The summed E-state index contributed by atoms with van der Waals surface area (Å²) in [4.78, 5) is 10.7. The third-order valence-corrected chi connectivity index (χ3v) is 3.92. The molecular formula is C13H6F3N2O2S-. The molecule has 0 aliphatic heterocycles. The summed E-state index contributed by atoms with van der Waals surface area (Å²) in [6.07, 6.45) is -4.66. The highest BCUT2D eigenvalue weighted by Crippen LogP contribution is 2.38. The molecule has 2 heterocycles. The maximum absolute atomic E-state index is 13.0. The van der Waals surface area contributed by atoms with Crippen LogP contribution in [0.5, 0.6) is 0 Å². The van der Waals surface area contributed by atoms with Crippen LogP contribution in [0.1, 0.15) is 15.4 Å². The van der Waals surface area contributed by atoms with Gasteiger partial charge >= 0.3 is 6.18 Å². The third-order valence-electron chi connectivity index (χ3n) is 2.83. The number of nitrogens with zero attached hydrogens (tertiary/aromatic N) is 2. The van der Waals surface area contributed by atoms with Crippen LogP contribution in [0, 0.1) is 0 Å². The van der Waals surface area contributed by atoms with Crippen molar-refractivity contribution in [2.75, 3.05) is 0 Å². The molecule has 0 aliphatic rings. The first-order chi connectivity index (χ1) is 9.88. The Balaban J connectivity index is 2.32. The van der Waals surface area contributed by atoms with E-state index in [0.717, 1.165) is 10.7 Å². The molecule has 0 spiro atoms. The van der Waals surface area contributed by atoms with Crippen molar-refractivity contribution in [2.24, 2.45) is 0 Å². The minimum atomic E-state index is -4.66. The predicted molar refractivity (Wildman–Crippen MR) is 68.3 cm³/mol. The summed E-state index contributed by atoms with van der Waals surface area (Å²) >= 11 is 0.702. The Bertz CT molecular complexity index is 821. The molecule has 0 radical (unpaired) electrons. The van der Waals surface area contributed by atoms with E-state index in [1.807, 2.05) is 0 Å². The molecule has 108 valence electrons. The summed E-state index contributed by atoms with van der Waals surface area (Å²) in [7, 11) is 0. The summed E-state index contributed by atoms with van der Waals surface area (Å²) in [5, 5.41) is 14.2. The molecule has 3 rings (SSSR count). The molecule has 0 N–H and O–H groups in total. The molecule has 2 aromatic heterocycles. The lowest BCUT2D eigenvalue weighted by atomic mass is 10.3. The van der Waals surface area contributed by atoms with Gasteiger partial charge in [-0.1, -0.05) is 18.2 Å². The molecule has 0 unspecified atom stereocenters. The van der Waals surface area contributed by atoms with Crippen LogP contribution in [0.4, 0.5) is 13.2 Å². The van der Waals surface area contributed by atoms with Gasteiger partial charge in [-0.05, 0) is 18.2 Å². The van der Waals surface area contributed by atoms with Gasteiger partial charge in [0.2, 0.25) is 0 Å². The zero-order chi connectivity index (χ0) is 15.2. The van der Waals surface area contributed by atoms with Crippen LogP contribution in [-0.2, 0) is 6.18 Å². The number of thiophene rings is 1. The number of fused-ring (bicyclic) bond motifs is 1. The van der Waals surface area contributed by atoms with Gasteiger partial charge < -0.3 is 9.90 Å². The number of rotatable bonds is 2. The lowest BCUT2D eigenvalue weighted by Gasteiger charge is -2.04. The van der Waals surface area contributed by atoms with Gasteiger partial charge in [0.25, 0.3) is 0 Å². The quantitative estimate of drug-likeness (QED) is 0.730. The first-order valence-electron chi connectivity index (χ1n) is 5.74. The number of carbonyl (C=O) groups is 1. The molecule has 0 aliphatic carbocycles. The van der Waals surface area contributed by atoms with Crippen LogP contribution in [0.15, 0.2) is 36.4 Å². The molecule has 1 aromatic carbocycles. The molecule has 0 atom stereocenters. The van der Waals surface area contributed by atoms with E-state index in [4.69, 9.17) is 0 Å².